The normalized spacial score (nSPS) is 22.3. The van der Waals surface area contributed by atoms with Gasteiger partial charge < -0.3 is 20.9 Å². The molecular formula is C18H24N4O3S. The van der Waals surface area contributed by atoms with E-state index in [1.165, 1.54) is 6.92 Å². The van der Waals surface area contributed by atoms with Crippen molar-refractivity contribution in [2.45, 2.75) is 19.4 Å². The Morgan fingerprint density at radius 3 is 2.69 bits per heavy atom. The van der Waals surface area contributed by atoms with Gasteiger partial charge in [0.2, 0.25) is 11.8 Å². The van der Waals surface area contributed by atoms with Gasteiger partial charge >= 0.3 is 0 Å². The third-order valence-corrected chi connectivity index (χ3v) is 5.57. The molecule has 2 saturated heterocycles. The van der Waals surface area contributed by atoms with E-state index in [2.05, 4.69) is 16.0 Å². The number of nitrogens with one attached hydrogen (secondary N) is 3. The number of nitrogens with zero attached hydrogens (tertiary/aromatic N) is 1. The van der Waals surface area contributed by atoms with E-state index >= 15 is 0 Å². The summed E-state index contributed by atoms with van der Waals surface area (Å²) in [7, 11) is 0. The molecule has 2 aliphatic heterocycles. The van der Waals surface area contributed by atoms with Crippen molar-refractivity contribution in [3.05, 3.63) is 29.8 Å². The quantitative estimate of drug-likeness (QED) is 0.710. The second kappa shape index (κ2) is 8.55. The number of hydrogen-bond acceptors (Lipinski definition) is 5. The summed E-state index contributed by atoms with van der Waals surface area (Å²) >= 11 is 1.78. The number of rotatable bonds is 5. The number of amides is 3. The maximum atomic E-state index is 12.4. The van der Waals surface area contributed by atoms with Gasteiger partial charge in [0.25, 0.3) is 5.91 Å². The van der Waals surface area contributed by atoms with Crippen LogP contribution in [0.1, 0.15) is 23.7 Å². The molecule has 3 N–H and O–H groups in total. The molecule has 2 unspecified atom stereocenters. The molecule has 2 fully saturated rings. The highest BCUT2D eigenvalue weighted by Crippen LogP contribution is 2.20. The highest BCUT2D eigenvalue weighted by atomic mass is 32.2. The summed E-state index contributed by atoms with van der Waals surface area (Å²) in [5.74, 6) is 1.93. The molecule has 7 nitrogen and oxygen atoms in total. The Morgan fingerprint density at radius 1 is 1.27 bits per heavy atom. The lowest BCUT2D eigenvalue weighted by atomic mass is 10.0. The predicted molar refractivity (Wildman–Crippen MR) is 102 cm³/mol. The lowest BCUT2D eigenvalue weighted by Gasteiger charge is -2.19. The molecule has 0 saturated carbocycles. The first-order chi connectivity index (χ1) is 12.5. The molecule has 2 atom stereocenters. The average molecular weight is 376 g/mol. The van der Waals surface area contributed by atoms with Crippen molar-refractivity contribution in [2.24, 2.45) is 5.92 Å². The van der Waals surface area contributed by atoms with Crippen LogP contribution < -0.4 is 16.0 Å². The van der Waals surface area contributed by atoms with Crippen molar-refractivity contribution in [3.8, 4) is 0 Å². The van der Waals surface area contributed by atoms with Crippen molar-refractivity contribution in [3.63, 3.8) is 0 Å². The fourth-order valence-electron chi connectivity index (χ4n) is 3.21. The molecule has 0 aromatic heterocycles. The largest absolute Gasteiger partial charge is 0.352 e. The molecule has 140 valence electrons. The number of anilines is 1. The number of benzene rings is 1. The molecule has 3 rings (SSSR count). The third-order valence-electron chi connectivity index (χ3n) is 4.60. The van der Waals surface area contributed by atoms with Crippen LogP contribution >= 0.6 is 11.8 Å². The van der Waals surface area contributed by atoms with Crippen LogP contribution in [0.2, 0.25) is 0 Å². The monoisotopic (exact) mass is 376 g/mol. The zero-order valence-corrected chi connectivity index (χ0v) is 15.6. The molecule has 0 aliphatic carbocycles. The lowest BCUT2D eigenvalue weighted by molar-refractivity contribution is -0.131. The van der Waals surface area contributed by atoms with Crippen molar-refractivity contribution < 1.29 is 14.4 Å². The smallest absolute Gasteiger partial charge is 0.251 e. The molecule has 0 bridgehead atoms. The SMILES string of the molecule is CC(=O)Nc1ccc(C(=O)NCC2CNC(C(=O)N3CCSC3)C2)cc1. The van der Waals surface area contributed by atoms with Crippen LogP contribution in [0.25, 0.3) is 0 Å². The van der Waals surface area contributed by atoms with Crippen molar-refractivity contribution in [2.75, 3.05) is 36.6 Å². The van der Waals surface area contributed by atoms with Crippen LogP contribution in [-0.4, -0.2) is 59.9 Å². The molecule has 0 spiro atoms. The summed E-state index contributed by atoms with van der Waals surface area (Å²) in [6.07, 6.45) is 0.752. The number of carbonyl (C=O) groups is 3. The molecular weight excluding hydrogens is 352 g/mol. The van der Waals surface area contributed by atoms with Crippen LogP contribution in [0, 0.1) is 5.92 Å². The van der Waals surface area contributed by atoms with Gasteiger partial charge in [-0.3, -0.25) is 14.4 Å². The van der Waals surface area contributed by atoms with Crippen LogP contribution in [-0.2, 0) is 9.59 Å². The van der Waals surface area contributed by atoms with Crippen molar-refractivity contribution in [1.29, 1.82) is 0 Å². The van der Waals surface area contributed by atoms with Crippen LogP contribution in [0.4, 0.5) is 5.69 Å². The van der Waals surface area contributed by atoms with Gasteiger partial charge in [0.1, 0.15) is 0 Å². The summed E-state index contributed by atoms with van der Waals surface area (Å²) < 4.78 is 0. The predicted octanol–water partition coefficient (Wildman–Crippen LogP) is 0.886. The summed E-state index contributed by atoms with van der Waals surface area (Å²) in [6, 6.07) is 6.65. The van der Waals surface area contributed by atoms with E-state index in [1.807, 2.05) is 4.90 Å². The third kappa shape index (κ3) is 4.76. The van der Waals surface area contributed by atoms with E-state index in [9.17, 15) is 14.4 Å². The summed E-state index contributed by atoms with van der Waals surface area (Å²) in [4.78, 5) is 37.6. The van der Waals surface area contributed by atoms with Gasteiger partial charge in [-0.1, -0.05) is 0 Å². The molecule has 1 aromatic rings. The van der Waals surface area contributed by atoms with Gasteiger partial charge in [0.15, 0.2) is 0 Å². The highest BCUT2D eigenvalue weighted by molar-refractivity contribution is 7.99. The minimum atomic E-state index is -0.148. The molecule has 1 aromatic carbocycles. The molecule has 2 aliphatic rings. The number of thioether (sulfide) groups is 1. The van der Waals surface area contributed by atoms with Crippen LogP contribution in [0.15, 0.2) is 24.3 Å². The summed E-state index contributed by atoms with van der Waals surface area (Å²) in [5, 5.41) is 8.89. The Morgan fingerprint density at radius 2 is 2.04 bits per heavy atom. The van der Waals surface area contributed by atoms with Gasteiger partial charge in [0, 0.05) is 43.6 Å². The van der Waals surface area contributed by atoms with E-state index in [0.717, 1.165) is 31.1 Å². The van der Waals surface area contributed by atoms with Gasteiger partial charge in [-0.2, -0.15) is 0 Å². The van der Waals surface area contributed by atoms with Crippen LogP contribution in [0.5, 0.6) is 0 Å². The van der Waals surface area contributed by atoms with Crippen molar-refractivity contribution >= 4 is 35.2 Å². The van der Waals surface area contributed by atoms with E-state index in [0.29, 0.717) is 17.8 Å². The zero-order chi connectivity index (χ0) is 18.5. The standard InChI is InChI=1S/C18H24N4O3S/c1-12(23)21-15-4-2-14(3-5-15)17(24)20-10-13-8-16(19-9-13)18(25)22-6-7-26-11-22/h2-5,13,16,19H,6-11H2,1H3,(H,20,24)(H,21,23). The Kier molecular flexibility index (Phi) is 6.16. The fourth-order valence-corrected chi connectivity index (χ4v) is 4.16. The summed E-state index contributed by atoms with van der Waals surface area (Å²) in [6.45, 7) is 3.55. The molecule has 8 heteroatoms. The second-order valence-corrected chi connectivity index (χ2v) is 7.74. The Labute approximate surface area is 157 Å². The average Bonchev–Trinajstić information content (AvgIpc) is 3.31. The maximum Gasteiger partial charge on any atom is 0.251 e. The topological polar surface area (TPSA) is 90.5 Å². The maximum absolute atomic E-state index is 12.4. The first-order valence-electron chi connectivity index (χ1n) is 8.78. The van der Waals surface area contributed by atoms with Crippen LogP contribution in [0.3, 0.4) is 0 Å². The van der Waals surface area contributed by atoms with E-state index < -0.39 is 0 Å². The van der Waals surface area contributed by atoms with Crippen molar-refractivity contribution in [1.82, 2.24) is 15.5 Å². The van der Waals surface area contributed by atoms with E-state index in [4.69, 9.17) is 0 Å². The zero-order valence-electron chi connectivity index (χ0n) is 14.8. The molecule has 2 heterocycles. The Bertz CT molecular complexity index is 674. The van der Waals surface area contributed by atoms with Gasteiger partial charge in [-0.15, -0.1) is 11.8 Å². The van der Waals surface area contributed by atoms with E-state index in [-0.39, 0.29) is 29.7 Å². The van der Waals surface area contributed by atoms with Gasteiger partial charge in [0.05, 0.1) is 11.9 Å². The highest BCUT2D eigenvalue weighted by Gasteiger charge is 2.33. The molecule has 0 radical (unpaired) electrons. The molecule has 3 amide bonds. The first-order valence-corrected chi connectivity index (χ1v) is 9.94. The van der Waals surface area contributed by atoms with Gasteiger partial charge in [-0.25, -0.2) is 0 Å². The minimum absolute atomic E-state index is 0.132. The minimum Gasteiger partial charge on any atom is -0.352 e. The Balaban J connectivity index is 1.44. The number of carbonyl (C=O) groups excluding carboxylic acids is 3. The van der Waals surface area contributed by atoms with E-state index in [1.54, 1.807) is 36.0 Å². The first kappa shape index (κ1) is 18.7. The van der Waals surface area contributed by atoms with Gasteiger partial charge in [-0.05, 0) is 36.6 Å². The lowest BCUT2D eigenvalue weighted by Crippen LogP contribution is -2.42. The second-order valence-electron chi connectivity index (χ2n) is 6.67. The molecule has 26 heavy (non-hydrogen) atoms. The fraction of sp³-hybridized carbons (Fsp3) is 0.500. The number of hydrogen-bond donors (Lipinski definition) is 3. The summed E-state index contributed by atoms with van der Waals surface area (Å²) in [5.41, 5.74) is 1.21. The Hall–Kier alpha value is -2.06.